The van der Waals surface area contributed by atoms with E-state index < -0.39 is 12.1 Å². The predicted molar refractivity (Wildman–Crippen MR) is 156 cm³/mol. The molecule has 0 spiro atoms. The van der Waals surface area contributed by atoms with Gasteiger partial charge >= 0.3 is 6.09 Å². The maximum atomic E-state index is 13.4. The van der Waals surface area contributed by atoms with Crippen LogP contribution in [-0.2, 0) is 33.9 Å². The summed E-state index contributed by atoms with van der Waals surface area (Å²) in [4.78, 5) is 37.4. The number of hydrogen-bond donors (Lipinski definition) is 4. The van der Waals surface area contributed by atoms with Gasteiger partial charge in [0.05, 0.1) is 12.1 Å². The minimum atomic E-state index is -0.506. The fraction of sp³-hybridized carbons (Fsp3) is 0.281. The van der Waals surface area contributed by atoms with Crippen LogP contribution in [0, 0.1) is 0 Å². The highest BCUT2D eigenvalue weighted by molar-refractivity contribution is 5.87. The number of amides is 3. The molecule has 0 heterocycles. The van der Waals surface area contributed by atoms with Gasteiger partial charge in [0.1, 0.15) is 6.61 Å². The second kappa shape index (κ2) is 17.2. The van der Waals surface area contributed by atoms with Crippen LogP contribution in [0.25, 0.3) is 0 Å². The molecule has 2 atom stereocenters. The topological polar surface area (TPSA) is 109 Å². The first-order valence-electron chi connectivity index (χ1n) is 13.5. The standard InChI is InChI=1S/C32H38N4O4/c1-33-30(37)20-19-28(22-25-12-5-2-6-13-25)36-31(38)29(35-23-26-14-7-3-8-15-26)18-11-21-34-32(39)40-24-27-16-9-4-10-17-27/h2-10,12-17,19-20,28-29,35H,11,18,21-24H2,1H3,(H,33,37)(H,34,39)(H,36,38)/b20-19+/t28-,29-/m1/s1. The Morgan fingerprint density at radius 1 is 0.825 bits per heavy atom. The molecule has 40 heavy (non-hydrogen) atoms. The maximum absolute atomic E-state index is 13.4. The van der Waals surface area contributed by atoms with Gasteiger partial charge in [0, 0.05) is 26.2 Å². The summed E-state index contributed by atoms with van der Waals surface area (Å²) in [6, 6.07) is 28.2. The third-order valence-electron chi connectivity index (χ3n) is 6.22. The number of benzene rings is 3. The van der Waals surface area contributed by atoms with Gasteiger partial charge in [-0.15, -0.1) is 0 Å². The summed E-state index contributed by atoms with van der Waals surface area (Å²) in [5.74, 6) is -0.415. The Bertz CT molecular complexity index is 1200. The summed E-state index contributed by atoms with van der Waals surface area (Å²) in [5.41, 5.74) is 3.01. The normalized spacial score (nSPS) is 12.3. The summed E-state index contributed by atoms with van der Waals surface area (Å²) in [7, 11) is 1.56. The van der Waals surface area contributed by atoms with E-state index in [0.29, 0.717) is 32.4 Å². The lowest BCUT2D eigenvalue weighted by atomic mass is 10.0. The van der Waals surface area contributed by atoms with Crippen LogP contribution >= 0.6 is 0 Å². The quantitative estimate of drug-likeness (QED) is 0.172. The SMILES string of the molecule is CNC(=O)/C=C/[C@H](Cc1ccccc1)NC(=O)[C@@H](CCCNC(=O)OCc1ccccc1)NCc1ccccc1. The molecule has 3 amide bonds. The number of carbonyl (C=O) groups is 3. The average Bonchev–Trinajstić information content (AvgIpc) is 2.99. The van der Waals surface area contributed by atoms with Crippen LogP contribution in [0.15, 0.2) is 103 Å². The minimum Gasteiger partial charge on any atom is -0.445 e. The molecule has 0 unspecified atom stereocenters. The summed E-state index contributed by atoms with van der Waals surface area (Å²) >= 11 is 0. The molecule has 4 N–H and O–H groups in total. The molecule has 0 bridgehead atoms. The Balaban J connectivity index is 1.58. The summed E-state index contributed by atoms with van der Waals surface area (Å²) in [6.07, 6.45) is 4.25. The Hall–Kier alpha value is -4.43. The lowest BCUT2D eigenvalue weighted by Gasteiger charge is -2.22. The van der Waals surface area contributed by atoms with Crippen molar-refractivity contribution in [3.63, 3.8) is 0 Å². The number of rotatable bonds is 15. The number of alkyl carbamates (subject to hydrolysis) is 1. The molecule has 0 aliphatic carbocycles. The number of likely N-dealkylation sites (N-methyl/N-ethyl adjacent to an activating group) is 1. The van der Waals surface area contributed by atoms with Gasteiger partial charge in [0.2, 0.25) is 11.8 Å². The minimum absolute atomic E-state index is 0.176. The monoisotopic (exact) mass is 542 g/mol. The number of ether oxygens (including phenoxy) is 1. The van der Waals surface area contributed by atoms with E-state index in [0.717, 1.165) is 16.7 Å². The molecule has 0 saturated heterocycles. The van der Waals surface area contributed by atoms with Crippen molar-refractivity contribution in [3.05, 3.63) is 120 Å². The fourth-order valence-electron chi connectivity index (χ4n) is 4.04. The molecule has 0 aliphatic rings. The van der Waals surface area contributed by atoms with Crippen molar-refractivity contribution in [3.8, 4) is 0 Å². The molecule has 0 radical (unpaired) electrons. The zero-order valence-electron chi connectivity index (χ0n) is 22.8. The van der Waals surface area contributed by atoms with Crippen LogP contribution in [0.2, 0.25) is 0 Å². The third-order valence-corrected chi connectivity index (χ3v) is 6.22. The van der Waals surface area contributed by atoms with Crippen molar-refractivity contribution in [2.45, 2.75) is 44.5 Å². The molecule has 3 rings (SSSR count). The van der Waals surface area contributed by atoms with Gasteiger partial charge in [-0.2, -0.15) is 0 Å². The van der Waals surface area contributed by atoms with E-state index in [-0.39, 0.29) is 24.5 Å². The number of carbonyl (C=O) groups excluding carboxylic acids is 3. The zero-order chi connectivity index (χ0) is 28.4. The van der Waals surface area contributed by atoms with Crippen molar-refractivity contribution in [2.24, 2.45) is 0 Å². The van der Waals surface area contributed by atoms with E-state index in [4.69, 9.17) is 4.74 Å². The molecule has 3 aromatic carbocycles. The summed E-state index contributed by atoms with van der Waals surface area (Å²) < 4.78 is 5.27. The lowest BCUT2D eigenvalue weighted by Crippen LogP contribution is -2.48. The largest absolute Gasteiger partial charge is 0.445 e. The first kappa shape index (κ1) is 30.1. The number of hydrogen-bond acceptors (Lipinski definition) is 5. The molecule has 8 heteroatoms. The van der Waals surface area contributed by atoms with Gasteiger partial charge in [-0.05, 0) is 36.0 Å². The van der Waals surface area contributed by atoms with Crippen molar-refractivity contribution < 1.29 is 19.1 Å². The van der Waals surface area contributed by atoms with Gasteiger partial charge in [0.15, 0.2) is 0 Å². The summed E-state index contributed by atoms with van der Waals surface area (Å²) in [5, 5.41) is 11.8. The average molecular weight is 543 g/mol. The first-order valence-corrected chi connectivity index (χ1v) is 13.5. The Morgan fingerprint density at radius 2 is 1.43 bits per heavy atom. The van der Waals surface area contributed by atoms with Gasteiger partial charge in [-0.3, -0.25) is 9.59 Å². The van der Waals surface area contributed by atoms with Crippen LogP contribution in [0.5, 0.6) is 0 Å². The van der Waals surface area contributed by atoms with Crippen LogP contribution in [0.1, 0.15) is 29.5 Å². The molecule has 3 aromatic rings. The second-order valence-corrected chi connectivity index (χ2v) is 9.33. The zero-order valence-corrected chi connectivity index (χ0v) is 22.8. The Morgan fingerprint density at radius 3 is 2.05 bits per heavy atom. The third kappa shape index (κ3) is 11.5. The summed E-state index contributed by atoms with van der Waals surface area (Å²) in [6.45, 7) is 1.08. The highest BCUT2D eigenvalue weighted by atomic mass is 16.5. The molecule has 210 valence electrons. The van der Waals surface area contributed by atoms with E-state index in [1.807, 2.05) is 91.0 Å². The van der Waals surface area contributed by atoms with Crippen LogP contribution < -0.4 is 21.3 Å². The molecular weight excluding hydrogens is 504 g/mol. The van der Waals surface area contributed by atoms with Gasteiger partial charge in [-0.1, -0.05) is 97.1 Å². The van der Waals surface area contributed by atoms with Crippen molar-refractivity contribution >= 4 is 17.9 Å². The highest BCUT2D eigenvalue weighted by Gasteiger charge is 2.21. The van der Waals surface area contributed by atoms with Crippen LogP contribution in [0.4, 0.5) is 4.79 Å². The van der Waals surface area contributed by atoms with Crippen molar-refractivity contribution in [1.29, 1.82) is 0 Å². The Labute approximate surface area is 236 Å². The van der Waals surface area contributed by atoms with Gasteiger partial charge in [0.25, 0.3) is 0 Å². The Kier molecular flexibility index (Phi) is 13.0. The molecule has 0 saturated carbocycles. The van der Waals surface area contributed by atoms with E-state index in [2.05, 4.69) is 21.3 Å². The molecular formula is C32H38N4O4. The van der Waals surface area contributed by atoms with E-state index >= 15 is 0 Å². The molecule has 8 nitrogen and oxygen atoms in total. The number of nitrogens with one attached hydrogen (secondary N) is 4. The van der Waals surface area contributed by atoms with Crippen LogP contribution in [-0.4, -0.2) is 43.6 Å². The van der Waals surface area contributed by atoms with Crippen LogP contribution in [0.3, 0.4) is 0 Å². The smallest absolute Gasteiger partial charge is 0.407 e. The van der Waals surface area contributed by atoms with E-state index in [1.165, 1.54) is 6.08 Å². The molecule has 0 fully saturated rings. The predicted octanol–water partition coefficient (Wildman–Crippen LogP) is 3.88. The maximum Gasteiger partial charge on any atom is 0.407 e. The van der Waals surface area contributed by atoms with Gasteiger partial charge in [-0.25, -0.2) is 4.79 Å². The van der Waals surface area contributed by atoms with Crippen molar-refractivity contribution in [1.82, 2.24) is 21.3 Å². The van der Waals surface area contributed by atoms with E-state index in [9.17, 15) is 14.4 Å². The highest BCUT2D eigenvalue weighted by Crippen LogP contribution is 2.08. The molecule has 0 aromatic heterocycles. The molecule has 0 aliphatic heterocycles. The fourth-order valence-corrected chi connectivity index (χ4v) is 4.04. The lowest BCUT2D eigenvalue weighted by molar-refractivity contribution is -0.124. The van der Waals surface area contributed by atoms with E-state index in [1.54, 1.807) is 13.1 Å². The van der Waals surface area contributed by atoms with Crippen molar-refractivity contribution in [2.75, 3.05) is 13.6 Å². The van der Waals surface area contributed by atoms with Gasteiger partial charge < -0.3 is 26.0 Å². The first-order chi connectivity index (χ1) is 19.5. The second-order valence-electron chi connectivity index (χ2n) is 9.33.